The third-order valence-corrected chi connectivity index (χ3v) is 6.26. The van der Waals surface area contributed by atoms with Crippen LogP contribution in [-0.2, 0) is 16.1 Å². The average molecular weight is 441 g/mol. The quantitative estimate of drug-likeness (QED) is 0.648. The van der Waals surface area contributed by atoms with Crippen molar-refractivity contribution in [2.75, 3.05) is 6.61 Å². The van der Waals surface area contributed by atoms with E-state index in [4.69, 9.17) is 4.74 Å². The van der Waals surface area contributed by atoms with Crippen LogP contribution < -0.4 is 10.1 Å². The molecule has 2 aromatic rings. The van der Waals surface area contributed by atoms with E-state index in [0.717, 1.165) is 36.8 Å². The minimum atomic E-state index is -0.743. The van der Waals surface area contributed by atoms with Gasteiger partial charge in [0.05, 0.1) is 0 Å². The lowest BCUT2D eigenvalue weighted by molar-refractivity contribution is -0.142. The topological polar surface area (TPSA) is 58.6 Å². The lowest BCUT2D eigenvalue weighted by atomic mass is 9.95. The summed E-state index contributed by atoms with van der Waals surface area (Å²) >= 11 is 0. The zero-order valence-electron chi connectivity index (χ0n) is 19.2. The third-order valence-electron chi connectivity index (χ3n) is 6.26. The van der Waals surface area contributed by atoms with Gasteiger partial charge in [-0.2, -0.15) is 0 Å². The molecule has 0 bridgehead atoms. The van der Waals surface area contributed by atoms with Crippen LogP contribution in [0.5, 0.6) is 5.75 Å². The Morgan fingerprint density at radius 3 is 2.50 bits per heavy atom. The van der Waals surface area contributed by atoms with E-state index < -0.39 is 11.9 Å². The number of benzene rings is 2. The van der Waals surface area contributed by atoms with Gasteiger partial charge in [0, 0.05) is 18.2 Å². The third kappa shape index (κ3) is 6.31. The van der Waals surface area contributed by atoms with E-state index in [1.54, 1.807) is 25.1 Å². The van der Waals surface area contributed by atoms with Crippen LogP contribution in [0, 0.1) is 19.7 Å². The second-order valence-corrected chi connectivity index (χ2v) is 8.67. The molecule has 1 atom stereocenters. The van der Waals surface area contributed by atoms with Crippen molar-refractivity contribution in [1.82, 2.24) is 10.2 Å². The molecule has 3 rings (SSSR count). The largest absolute Gasteiger partial charge is 0.484 e. The molecule has 172 valence electrons. The summed E-state index contributed by atoms with van der Waals surface area (Å²) in [4.78, 5) is 27.5. The van der Waals surface area contributed by atoms with E-state index in [2.05, 4.69) is 5.32 Å². The molecule has 32 heavy (non-hydrogen) atoms. The highest BCUT2D eigenvalue weighted by molar-refractivity contribution is 5.88. The van der Waals surface area contributed by atoms with Crippen LogP contribution in [0.2, 0.25) is 0 Å². The van der Waals surface area contributed by atoms with Gasteiger partial charge in [0.25, 0.3) is 5.91 Å². The fraction of sp³-hybridized carbons (Fsp3) is 0.462. The molecule has 0 unspecified atom stereocenters. The molecule has 5 nitrogen and oxygen atoms in total. The van der Waals surface area contributed by atoms with Crippen molar-refractivity contribution in [2.45, 2.75) is 71.5 Å². The standard InChI is InChI=1S/C26H33FN2O3/c1-18-13-14-23(15-19(18)2)32-17-25(30)29(16-21-9-7-8-12-24(21)27)20(3)26(31)28-22-10-5-4-6-11-22/h7-9,12-15,20,22H,4-6,10-11,16-17H2,1-3H3,(H,28,31)/t20-/m0/s1. The molecule has 0 aromatic heterocycles. The number of hydrogen-bond acceptors (Lipinski definition) is 3. The van der Waals surface area contributed by atoms with Gasteiger partial charge in [-0.1, -0.05) is 43.5 Å². The van der Waals surface area contributed by atoms with Crippen molar-refractivity contribution in [3.8, 4) is 5.75 Å². The summed E-state index contributed by atoms with van der Waals surface area (Å²) in [7, 11) is 0. The van der Waals surface area contributed by atoms with E-state index in [-0.39, 0.29) is 31.0 Å². The average Bonchev–Trinajstić information content (AvgIpc) is 2.79. The van der Waals surface area contributed by atoms with Crippen LogP contribution in [0.4, 0.5) is 4.39 Å². The first kappa shape index (κ1) is 23.8. The summed E-state index contributed by atoms with van der Waals surface area (Å²) in [6, 6.07) is 11.3. The fourth-order valence-corrected chi connectivity index (χ4v) is 3.99. The molecular weight excluding hydrogens is 407 g/mol. The van der Waals surface area contributed by atoms with Crippen molar-refractivity contribution < 1.29 is 18.7 Å². The van der Waals surface area contributed by atoms with Crippen molar-refractivity contribution >= 4 is 11.8 Å². The molecule has 1 saturated carbocycles. The van der Waals surface area contributed by atoms with Gasteiger partial charge in [-0.25, -0.2) is 4.39 Å². The lowest BCUT2D eigenvalue weighted by Crippen LogP contribution is -2.51. The van der Waals surface area contributed by atoms with Gasteiger partial charge in [-0.3, -0.25) is 9.59 Å². The van der Waals surface area contributed by atoms with Gasteiger partial charge >= 0.3 is 0 Å². The second-order valence-electron chi connectivity index (χ2n) is 8.67. The summed E-state index contributed by atoms with van der Waals surface area (Å²) in [6.07, 6.45) is 5.29. The molecule has 0 heterocycles. The molecule has 2 amide bonds. The monoisotopic (exact) mass is 440 g/mol. The Kier molecular flexibility index (Phi) is 8.26. The van der Waals surface area contributed by atoms with Crippen LogP contribution in [0.25, 0.3) is 0 Å². The number of carbonyl (C=O) groups is 2. The van der Waals surface area contributed by atoms with Gasteiger partial charge in [0.2, 0.25) is 5.91 Å². The predicted molar refractivity (Wildman–Crippen MR) is 123 cm³/mol. The maximum atomic E-state index is 14.3. The van der Waals surface area contributed by atoms with E-state index >= 15 is 0 Å². The number of halogens is 1. The van der Waals surface area contributed by atoms with Gasteiger partial charge in [0.1, 0.15) is 17.6 Å². The molecule has 2 aromatic carbocycles. The summed E-state index contributed by atoms with van der Waals surface area (Å²) in [5, 5.41) is 3.07. The Balaban J connectivity index is 1.72. The molecule has 1 fully saturated rings. The molecule has 1 N–H and O–H groups in total. The van der Waals surface area contributed by atoms with Gasteiger partial charge in [0.15, 0.2) is 6.61 Å². The van der Waals surface area contributed by atoms with Crippen LogP contribution in [-0.4, -0.2) is 35.4 Å². The second kappa shape index (κ2) is 11.1. The minimum absolute atomic E-state index is 0.00104. The Morgan fingerprint density at radius 1 is 1.09 bits per heavy atom. The maximum absolute atomic E-state index is 14.3. The summed E-state index contributed by atoms with van der Waals surface area (Å²) in [5.74, 6) is -0.391. The lowest BCUT2D eigenvalue weighted by Gasteiger charge is -2.31. The van der Waals surface area contributed by atoms with Crippen LogP contribution in [0.15, 0.2) is 42.5 Å². The number of nitrogens with zero attached hydrogens (tertiary/aromatic N) is 1. The van der Waals surface area contributed by atoms with Crippen LogP contribution >= 0.6 is 0 Å². The molecular formula is C26H33FN2O3. The Labute approximate surface area is 190 Å². The highest BCUT2D eigenvalue weighted by Crippen LogP contribution is 2.20. The van der Waals surface area contributed by atoms with E-state index in [1.165, 1.54) is 17.4 Å². The van der Waals surface area contributed by atoms with E-state index in [0.29, 0.717) is 11.3 Å². The molecule has 0 radical (unpaired) electrons. The first-order chi connectivity index (χ1) is 15.3. The number of carbonyl (C=O) groups excluding carboxylic acids is 2. The van der Waals surface area contributed by atoms with Crippen molar-refractivity contribution in [3.05, 3.63) is 65.0 Å². The van der Waals surface area contributed by atoms with E-state index in [9.17, 15) is 14.0 Å². The minimum Gasteiger partial charge on any atom is -0.484 e. The first-order valence-electron chi connectivity index (χ1n) is 11.4. The van der Waals surface area contributed by atoms with Crippen LogP contribution in [0.1, 0.15) is 55.7 Å². The van der Waals surface area contributed by atoms with Gasteiger partial charge in [-0.05, 0) is 62.9 Å². The Hall–Kier alpha value is -2.89. The van der Waals surface area contributed by atoms with Gasteiger partial charge in [-0.15, -0.1) is 0 Å². The first-order valence-corrected chi connectivity index (χ1v) is 11.4. The van der Waals surface area contributed by atoms with Crippen molar-refractivity contribution in [3.63, 3.8) is 0 Å². The van der Waals surface area contributed by atoms with E-state index in [1.807, 2.05) is 32.0 Å². The molecule has 1 aliphatic rings. The zero-order valence-corrected chi connectivity index (χ0v) is 19.2. The summed E-state index contributed by atoms with van der Waals surface area (Å²) < 4.78 is 20.0. The van der Waals surface area contributed by atoms with Crippen LogP contribution in [0.3, 0.4) is 0 Å². The predicted octanol–water partition coefficient (Wildman–Crippen LogP) is 4.69. The summed E-state index contributed by atoms with van der Waals surface area (Å²) in [5.41, 5.74) is 2.57. The highest BCUT2D eigenvalue weighted by Gasteiger charge is 2.29. The number of ether oxygens (including phenoxy) is 1. The molecule has 0 spiro atoms. The molecule has 1 aliphatic carbocycles. The SMILES string of the molecule is Cc1ccc(OCC(=O)N(Cc2ccccc2F)[C@@H](C)C(=O)NC2CCCCC2)cc1C. The Bertz CT molecular complexity index is 940. The number of rotatable bonds is 8. The fourth-order valence-electron chi connectivity index (χ4n) is 3.99. The normalized spacial score (nSPS) is 15.1. The van der Waals surface area contributed by atoms with Crippen molar-refractivity contribution in [2.24, 2.45) is 0 Å². The molecule has 6 heteroatoms. The number of nitrogens with one attached hydrogen (secondary N) is 1. The highest BCUT2D eigenvalue weighted by atomic mass is 19.1. The number of amides is 2. The van der Waals surface area contributed by atoms with Gasteiger partial charge < -0.3 is 15.0 Å². The molecule has 0 saturated heterocycles. The van der Waals surface area contributed by atoms with Crippen molar-refractivity contribution in [1.29, 1.82) is 0 Å². The summed E-state index contributed by atoms with van der Waals surface area (Å²) in [6.45, 7) is 5.45. The maximum Gasteiger partial charge on any atom is 0.261 e. The zero-order chi connectivity index (χ0) is 23.1. The molecule has 0 aliphatic heterocycles. The smallest absolute Gasteiger partial charge is 0.261 e. The number of hydrogen-bond donors (Lipinski definition) is 1. The number of aryl methyl sites for hydroxylation is 2. The Morgan fingerprint density at radius 2 is 1.81 bits per heavy atom.